The number of pyridine rings is 1. The van der Waals surface area contributed by atoms with Crippen molar-refractivity contribution >= 4 is 37.6 Å². The topological polar surface area (TPSA) is 134 Å². The SMILES string of the molecule is COc1cccc(OC)c1-n1c(-c2cncc(C)c2)nnc1N(CCS(C)(C)C)S(=O)(=O)[C@@H](C)[C@H](OC)c1ncc(Cl)cn1. The van der Waals surface area contributed by atoms with E-state index in [1.54, 1.807) is 42.1 Å². The molecule has 4 rings (SSSR count). The summed E-state index contributed by atoms with van der Waals surface area (Å²) >= 11 is 6.00. The van der Waals surface area contributed by atoms with Crippen LogP contribution in [0.15, 0.2) is 49.1 Å². The highest BCUT2D eigenvalue weighted by molar-refractivity contribution is 8.32. The molecule has 0 aliphatic heterocycles. The van der Waals surface area contributed by atoms with Gasteiger partial charge in [0, 0.05) is 44.0 Å². The van der Waals surface area contributed by atoms with Crippen LogP contribution in [0.4, 0.5) is 5.95 Å². The maximum absolute atomic E-state index is 14.7. The highest BCUT2D eigenvalue weighted by atomic mass is 35.5. The Hall–Kier alpha value is -3.46. The zero-order chi connectivity index (χ0) is 32.2. The lowest BCUT2D eigenvalue weighted by atomic mass is 10.2. The van der Waals surface area contributed by atoms with E-state index in [4.69, 9.17) is 25.8 Å². The summed E-state index contributed by atoms with van der Waals surface area (Å²) in [5, 5.41) is 8.22. The first-order chi connectivity index (χ1) is 20.8. The Balaban J connectivity index is 2.00. The van der Waals surface area contributed by atoms with E-state index in [2.05, 4.69) is 43.9 Å². The van der Waals surface area contributed by atoms with Crippen molar-refractivity contribution in [2.45, 2.75) is 25.2 Å². The molecule has 1 aromatic carbocycles. The molecular formula is C29H38ClN7O5S2. The van der Waals surface area contributed by atoms with E-state index in [-0.39, 0.29) is 18.3 Å². The molecule has 238 valence electrons. The molecule has 3 aromatic heterocycles. The number of sulfonamides is 1. The van der Waals surface area contributed by atoms with Gasteiger partial charge in [-0.05, 0) is 62.1 Å². The second-order valence-corrected chi connectivity index (χ2v) is 18.2. The van der Waals surface area contributed by atoms with Crippen molar-refractivity contribution in [2.24, 2.45) is 0 Å². The molecule has 15 heteroatoms. The molecule has 3 heterocycles. The van der Waals surface area contributed by atoms with Gasteiger partial charge in [0.1, 0.15) is 28.5 Å². The molecule has 0 radical (unpaired) electrons. The van der Waals surface area contributed by atoms with Gasteiger partial charge in [-0.2, -0.15) is 0 Å². The van der Waals surface area contributed by atoms with Crippen molar-refractivity contribution in [3.8, 4) is 28.6 Å². The van der Waals surface area contributed by atoms with Crippen LogP contribution in [0.5, 0.6) is 11.5 Å². The lowest BCUT2D eigenvalue weighted by Gasteiger charge is -2.33. The minimum absolute atomic E-state index is 0.0617. The molecule has 0 amide bonds. The fourth-order valence-electron chi connectivity index (χ4n) is 4.59. The van der Waals surface area contributed by atoms with E-state index in [0.29, 0.717) is 39.3 Å². The largest absolute Gasteiger partial charge is 0.494 e. The highest BCUT2D eigenvalue weighted by Crippen LogP contribution is 2.41. The third-order valence-corrected chi connectivity index (χ3v) is 10.6. The molecule has 0 aliphatic carbocycles. The second kappa shape index (κ2) is 13.7. The smallest absolute Gasteiger partial charge is 0.246 e. The summed E-state index contributed by atoms with van der Waals surface area (Å²) in [7, 11) is -0.863. The summed E-state index contributed by atoms with van der Waals surface area (Å²) in [6.07, 6.45) is 11.6. The van der Waals surface area contributed by atoms with Gasteiger partial charge in [-0.15, -0.1) is 10.2 Å². The molecule has 0 unspecified atom stereocenters. The van der Waals surface area contributed by atoms with Crippen molar-refractivity contribution < 1.29 is 22.6 Å². The number of aryl methyl sites for hydroxylation is 1. The summed E-state index contributed by atoms with van der Waals surface area (Å²) in [5.74, 6) is 2.07. The number of methoxy groups -OCH3 is 3. The molecule has 0 bridgehead atoms. The van der Waals surface area contributed by atoms with Crippen molar-refractivity contribution in [3.63, 3.8) is 0 Å². The van der Waals surface area contributed by atoms with Crippen LogP contribution in [-0.2, 0) is 14.8 Å². The molecule has 44 heavy (non-hydrogen) atoms. The Morgan fingerprint density at radius 3 is 2.16 bits per heavy atom. The molecule has 2 atom stereocenters. The van der Waals surface area contributed by atoms with Gasteiger partial charge >= 0.3 is 0 Å². The van der Waals surface area contributed by atoms with Gasteiger partial charge in [0.2, 0.25) is 16.0 Å². The number of aromatic nitrogens is 6. The normalized spacial score (nSPS) is 13.8. The number of hydrogen-bond donors (Lipinski definition) is 0. The van der Waals surface area contributed by atoms with Crippen LogP contribution in [-0.4, -0.2) is 95.8 Å². The van der Waals surface area contributed by atoms with Crippen LogP contribution in [0.1, 0.15) is 24.4 Å². The standard InChI is InChI=1S/C29H38ClN7O5S2/c1-19-14-21(16-31-15-19)28-34-35-29(37(28)25-23(40-3)10-9-11-24(25)41-4)36(12-13-43(6,7)8)44(38,39)20(2)26(42-5)27-32-17-22(30)18-33-27/h9-11,14-18,20,26H,12-13H2,1-8H3/t20-,26-/m0/s1. The molecule has 0 fully saturated rings. The number of benzene rings is 1. The van der Waals surface area contributed by atoms with E-state index in [0.717, 1.165) is 5.56 Å². The van der Waals surface area contributed by atoms with E-state index in [9.17, 15) is 8.42 Å². The summed E-state index contributed by atoms with van der Waals surface area (Å²) in [6.45, 7) is 3.61. The first-order valence-electron chi connectivity index (χ1n) is 13.6. The van der Waals surface area contributed by atoms with E-state index in [1.807, 2.05) is 13.0 Å². The predicted molar refractivity (Wildman–Crippen MR) is 175 cm³/mol. The van der Waals surface area contributed by atoms with Gasteiger partial charge in [0.25, 0.3) is 0 Å². The Bertz CT molecular complexity index is 1670. The number of halogens is 1. The number of hydrogen-bond acceptors (Lipinski definition) is 10. The van der Waals surface area contributed by atoms with E-state index in [1.165, 1.54) is 38.0 Å². The van der Waals surface area contributed by atoms with Gasteiger partial charge in [-0.1, -0.05) is 17.7 Å². The Kier molecular flexibility index (Phi) is 10.4. The van der Waals surface area contributed by atoms with Crippen LogP contribution in [0.25, 0.3) is 17.1 Å². The van der Waals surface area contributed by atoms with E-state index >= 15 is 0 Å². The minimum atomic E-state index is -4.20. The Morgan fingerprint density at radius 2 is 1.61 bits per heavy atom. The molecule has 12 nitrogen and oxygen atoms in total. The highest BCUT2D eigenvalue weighted by Gasteiger charge is 2.40. The average molecular weight is 664 g/mol. The number of para-hydroxylation sites is 1. The first-order valence-corrected chi connectivity index (χ1v) is 18.5. The van der Waals surface area contributed by atoms with Crippen LogP contribution in [0, 0.1) is 6.92 Å². The summed E-state index contributed by atoms with van der Waals surface area (Å²) in [5.41, 5.74) is 1.97. The number of nitrogens with zero attached hydrogens (tertiary/aromatic N) is 7. The average Bonchev–Trinajstić information content (AvgIpc) is 3.41. The van der Waals surface area contributed by atoms with Gasteiger partial charge in [0.15, 0.2) is 11.6 Å². The fourth-order valence-corrected chi connectivity index (χ4v) is 7.17. The van der Waals surface area contributed by atoms with Crippen LogP contribution in [0.2, 0.25) is 5.02 Å². The summed E-state index contributed by atoms with van der Waals surface area (Å²) in [4.78, 5) is 12.8. The van der Waals surface area contributed by atoms with Gasteiger partial charge in [0.05, 0.1) is 19.2 Å². The molecule has 0 spiro atoms. The summed E-state index contributed by atoms with van der Waals surface area (Å²) < 4.78 is 49.5. The molecular weight excluding hydrogens is 626 g/mol. The van der Waals surface area contributed by atoms with Gasteiger partial charge in [-0.3, -0.25) is 9.55 Å². The number of rotatable bonds is 13. The third-order valence-electron chi connectivity index (χ3n) is 6.89. The Morgan fingerprint density at radius 1 is 0.977 bits per heavy atom. The summed E-state index contributed by atoms with van der Waals surface area (Å²) in [6, 6.07) is 7.21. The van der Waals surface area contributed by atoms with Gasteiger partial charge < -0.3 is 14.2 Å². The van der Waals surface area contributed by atoms with Crippen molar-refractivity contribution in [3.05, 3.63) is 65.5 Å². The van der Waals surface area contributed by atoms with Gasteiger partial charge in [-0.25, -0.2) is 32.7 Å². The molecule has 0 N–H and O–H groups in total. The van der Waals surface area contributed by atoms with E-state index < -0.39 is 31.4 Å². The van der Waals surface area contributed by atoms with Crippen molar-refractivity contribution in [1.82, 2.24) is 29.7 Å². The van der Waals surface area contributed by atoms with Crippen LogP contribution in [0.3, 0.4) is 0 Å². The van der Waals surface area contributed by atoms with Crippen molar-refractivity contribution in [2.75, 3.05) is 56.7 Å². The molecule has 0 saturated heterocycles. The lowest BCUT2D eigenvalue weighted by Crippen LogP contribution is -2.44. The Labute approximate surface area is 265 Å². The number of anilines is 1. The zero-order valence-corrected chi connectivity index (χ0v) is 28.4. The molecule has 0 saturated carbocycles. The second-order valence-electron chi connectivity index (χ2n) is 11.0. The minimum Gasteiger partial charge on any atom is -0.494 e. The van der Waals surface area contributed by atoms with Crippen LogP contribution < -0.4 is 13.8 Å². The number of ether oxygens (including phenoxy) is 3. The van der Waals surface area contributed by atoms with Crippen LogP contribution >= 0.6 is 21.6 Å². The molecule has 0 aliphatic rings. The lowest BCUT2D eigenvalue weighted by molar-refractivity contribution is 0.0948. The predicted octanol–water partition coefficient (Wildman–Crippen LogP) is 4.70. The first kappa shape index (κ1) is 33.4. The molecule has 4 aromatic rings. The maximum Gasteiger partial charge on any atom is 0.246 e. The third kappa shape index (κ3) is 7.09. The zero-order valence-electron chi connectivity index (χ0n) is 26.1. The van der Waals surface area contributed by atoms with Crippen molar-refractivity contribution in [1.29, 1.82) is 0 Å². The quantitative estimate of drug-likeness (QED) is 0.198. The monoisotopic (exact) mass is 663 g/mol. The fraction of sp³-hybridized carbons (Fsp3) is 0.414. The maximum atomic E-state index is 14.7.